The molecule has 0 heterocycles. The third-order valence-electron chi connectivity index (χ3n) is 8.53. The minimum atomic E-state index is -2.99. The van der Waals surface area contributed by atoms with Crippen LogP contribution in [0, 0.1) is 5.92 Å². The molecule has 1 saturated carbocycles. The second-order valence-electron chi connectivity index (χ2n) is 12.0. The van der Waals surface area contributed by atoms with Crippen LogP contribution >= 0.6 is 0 Å². The van der Waals surface area contributed by atoms with Crippen molar-refractivity contribution < 1.29 is 23.5 Å². The first-order valence-corrected chi connectivity index (χ1v) is 16.5. The Morgan fingerprint density at radius 3 is 1.74 bits per heavy atom. The molecule has 4 aromatic carbocycles. The summed E-state index contributed by atoms with van der Waals surface area (Å²) in [5, 5.41) is 2.00. The normalized spacial score (nSPS) is 19.4. The molecule has 1 unspecified atom stereocenters. The van der Waals surface area contributed by atoms with Gasteiger partial charge in [0.25, 0.3) is 21.3 Å². The SMILES string of the molecule is C=C1[C@H](C(OC=O)c2ccc(-c3ccccc3)cc2)[C@@H](O[Si](c2ccccc2)(c2ccccc2)C(C)(C)C)C[C@H]1OC=O. The van der Waals surface area contributed by atoms with E-state index in [1.54, 1.807) is 0 Å². The van der Waals surface area contributed by atoms with Gasteiger partial charge in [0.1, 0.15) is 12.2 Å². The summed E-state index contributed by atoms with van der Waals surface area (Å²) in [6, 6.07) is 38.9. The number of rotatable bonds is 11. The fourth-order valence-corrected chi connectivity index (χ4v) is 11.2. The number of benzene rings is 4. The molecule has 4 aromatic rings. The Labute approximate surface area is 255 Å². The van der Waals surface area contributed by atoms with Crippen LogP contribution in [0.15, 0.2) is 127 Å². The molecule has 6 heteroatoms. The van der Waals surface area contributed by atoms with Crippen molar-refractivity contribution in [2.24, 2.45) is 5.92 Å². The average molecular weight is 591 g/mol. The quantitative estimate of drug-likeness (QED) is 0.111. The van der Waals surface area contributed by atoms with E-state index in [4.69, 9.17) is 13.9 Å². The Balaban J connectivity index is 1.61. The van der Waals surface area contributed by atoms with Crippen LogP contribution in [0.25, 0.3) is 11.1 Å². The lowest BCUT2D eigenvalue weighted by atomic mass is 9.89. The van der Waals surface area contributed by atoms with Gasteiger partial charge < -0.3 is 13.9 Å². The van der Waals surface area contributed by atoms with Crippen LogP contribution in [0.1, 0.15) is 38.9 Å². The van der Waals surface area contributed by atoms with Crippen molar-refractivity contribution in [1.82, 2.24) is 0 Å². The maximum Gasteiger partial charge on any atom is 0.293 e. The summed E-state index contributed by atoms with van der Waals surface area (Å²) in [6.45, 7) is 12.0. The fraction of sp³-hybridized carbons (Fsp3) is 0.243. The van der Waals surface area contributed by atoms with Gasteiger partial charge in [-0.2, -0.15) is 0 Å². The van der Waals surface area contributed by atoms with Gasteiger partial charge in [0, 0.05) is 12.3 Å². The highest BCUT2D eigenvalue weighted by atomic mass is 28.4. The van der Waals surface area contributed by atoms with E-state index in [0.29, 0.717) is 24.9 Å². The number of carbonyl (C=O) groups is 2. The summed E-state index contributed by atoms with van der Waals surface area (Å²) in [5.41, 5.74) is 3.65. The molecule has 4 atom stereocenters. The van der Waals surface area contributed by atoms with E-state index < -0.39 is 32.5 Å². The Hall–Kier alpha value is -4.26. The number of hydrogen-bond donors (Lipinski definition) is 0. The average Bonchev–Trinajstić information content (AvgIpc) is 3.33. The molecule has 1 fully saturated rings. The molecule has 5 nitrogen and oxygen atoms in total. The minimum absolute atomic E-state index is 0.274. The first-order valence-electron chi connectivity index (χ1n) is 14.6. The zero-order valence-electron chi connectivity index (χ0n) is 24.9. The van der Waals surface area contributed by atoms with Crippen molar-refractivity contribution >= 4 is 31.6 Å². The van der Waals surface area contributed by atoms with E-state index >= 15 is 0 Å². The highest BCUT2D eigenvalue weighted by Crippen LogP contribution is 2.47. The smallest absolute Gasteiger partial charge is 0.293 e. The van der Waals surface area contributed by atoms with E-state index in [0.717, 1.165) is 27.1 Å². The van der Waals surface area contributed by atoms with E-state index in [-0.39, 0.29) is 5.04 Å². The summed E-state index contributed by atoms with van der Waals surface area (Å²) < 4.78 is 18.9. The topological polar surface area (TPSA) is 61.8 Å². The summed E-state index contributed by atoms with van der Waals surface area (Å²) in [6.07, 6.45) is -1.28. The standard InChI is InChI=1S/C37H38O5Si/c1-27-33(40-25-38)24-34(35(27)36(41-26-39)30-22-20-29(21-23-30)28-14-8-5-9-15-28)42-43(37(2,3)4,31-16-10-6-11-17-31)32-18-12-7-13-19-32/h5-23,25-26,33-36H,1,24H2,2-4H3/t33-,34+,35+,36?/m1/s1. The Kier molecular flexibility index (Phi) is 9.09. The molecule has 0 N–H and O–H groups in total. The molecule has 1 aliphatic carbocycles. The second kappa shape index (κ2) is 12.9. The van der Waals surface area contributed by atoms with Crippen molar-refractivity contribution in [2.75, 3.05) is 0 Å². The molecule has 0 radical (unpaired) electrons. The lowest BCUT2D eigenvalue weighted by Gasteiger charge is -2.46. The lowest BCUT2D eigenvalue weighted by molar-refractivity contribution is -0.137. The molecule has 0 aromatic heterocycles. The molecule has 5 rings (SSSR count). The Bertz CT molecular complexity index is 1480. The Morgan fingerprint density at radius 1 is 0.744 bits per heavy atom. The van der Waals surface area contributed by atoms with Gasteiger partial charge in [-0.3, -0.25) is 9.59 Å². The van der Waals surface area contributed by atoms with Crippen LogP contribution in [0.4, 0.5) is 0 Å². The molecule has 0 bridgehead atoms. The highest BCUT2D eigenvalue weighted by molar-refractivity contribution is 6.99. The molecule has 0 saturated heterocycles. The molecule has 0 spiro atoms. The third-order valence-corrected chi connectivity index (χ3v) is 13.6. The van der Waals surface area contributed by atoms with Crippen molar-refractivity contribution in [3.63, 3.8) is 0 Å². The minimum Gasteiger partial charge on any atom is -0.460 e. The predicted molar refractivity (Wildman–Crippen MR) is 172 cm³/mol. The van der Waals surface area contributed by atoms with Crippen LogP contribution in [-0.4, -0.2) is 33.5 Å². The maximum atomic E-state index is 12.0. The van der Waals surface area contributed by atoms with Gasteiger partial charge in [0.2, 0.25) is 0 Å². The fourth-order valence-electron chi connectivity index (χ4n) is 6.53. The van der Waals surface area contributed by atoms with Crippen LogP contribution < -0.4 is 10.4 Å². The van der Waals surface area contributed by atoms with Gasteiger partial charge in [-0.25, -0.2) is 0 Å². The summed E-state index contributed by atoms with van der Waals surface area (Å²) in [4.78, 5) is 23.5. The van der Waals surface area contributed by atoms with Crippen LogP contribution in [0.2, 0.25) is 5.04 Å². The molecule has 0 amide bonds. The number of hydrogen-bond acceptors (Lipinski definition) is 5. The number of carbonyl (C=O) groups excluding carboxylic acids is 2. The summed E-state index contributed by atoms with van der Waals surface area (Å²) in [7, 11) is -2.99. The van der Waals surface area contributed by atoms with Gasteiger partial charge in [-0.05, 0) is 37.7 Å². The summed E-state index contributed by atoms with van der Waals surface area (Å²) in [5.74, 6) is -0.445. The van der Waals surface area contributed by atoms with Crippen LogP contribution in [0.5, 0.6) is 0 Å². The van der Waals surface area contributed by atoms with E-state index in [1.807, 2.05) is 78.9 Å². The van der Waals surface area contributed by atoms with Gasteiger partial charge in [0.05, 0.1) is 6.10 Å². The molecule has 0 aliphatic heterocycles. The van der Waals surface area contributed by atoms with Crippen molar-refractivity contribution in [1.29, 1.82) is 0 Å². The van der Waals surface area contributed by atoms with Gasteiger partial charge >= 0.3 is 0 Å². The zero-order valence-corrected chi connectivity index (χ0v) is 25.9. The molecule has 1 aliphatic rings. The first kappa shape index (κ1) is 30.2. The zero-order chi connectivity index (χ0) is 30.5. The van der Waals surface area contributed by atoms with Crippen molar-refractivity contribution in [3.05, 3.63) is 133 Å². The number of ether oxygens (including phenoxy) is 2. The van der Waals surface area contributed by atoms with Gasteiger partial charge in [-0.15, -0.1) is 0 Å². The van der Waals surface area contributed by atoms with Crippen molar-refractivity contribution in [2.45, 2.75) is 50.5 Å². The largest absolute Gasteiger partial charge is 0.460 e. The summed E-state index contributed by atoms with van der Waals surface area (Å²) >= 11 is 0. The van der Waals surface area contributed by atoms with Gasteiger partial charge in [-0.1, -0.05) is 143 Å². The lowest BCUT2D eigenvalue weighted by Crippen LogP contribution is -2.68. The Morgan fingerprint density at radius 2 is 1.26 bits per heavy atom. The van der Waals surface area contributed by atoms with E-state index in [2.05, 4.69) is 63.7 Å². The highest BCUT2D eigenvalue weighted by Gasteiger charge is 2.55. The second-order valence-corrected chi connectivity index (χ2v) is 16.3. The van der Waals surface area contributed by atoms with Crippen LogP contribution in [0.3, 0.4) is 0 Å². The van der Waals surface area contributed by atoms with Crippen molar-refractivity contribution in [3.8, 4) is 11.1 Å². The monoisotopic (exact) mass is 590 g/mol. The molecule has 43 heavy (non-hydrogen) atoms. The molecular weight excluding hydrogens is 552 g/mol. The van der Waals surface area contributed by atoms with E-state index in [9.17, 15) is 9.59 Å². The molecule has 220 valence electrons. The third kappa shape index (κ3) is 5.98. The van der Waals surface area contributed by atoms with Crippen LogP contribution in [-0.2, 0) is 23.5 Å². The van der Waals surface area contributed by atoms with Gasteiger partial charge in [0.15, 0.2) is 0 Å². The van der Waals surface area contributed by atoms with E-state index in [1.165, 1.54) is 0 Å². The maximum absolute atomic E-state index is 12.0. The predicted octanol–water partition coefficient (Wildman–Crippen LogP) is 6.63. The molecular formula is C37H38O5Si. The first-order chi connectivity index (χ1) is 20.8.